The molecule has 1 aliphatic carbocycles. The molecule has 2 heterocycles. The molecule has 0 saturated heterocycles. The minimum atomic E-state index is -4.26. The van der Waals surface area contributed by atoms with Gasteiger partial charge in [-0.25, -0.2) is 4.98 Å². The molecule has 27 heavy (non-hydrogen) atoms. The molecular weight excluding hydrogens is 361 g/mol. The number of carbonyl (C=O) groups is 1. The Hall–Kier alpha value is -3.10. The molecule has 9 heteroatoms. The van der Waals surface area contributed by atoms with Crippen molar-refractivity contribution in [2.75, 3.05) is 12.8 Å². The van der Waals surface area contributed by atoms with Crippen molar-refractivity contribution in [1.82, 2.24) is 14.8 Å². The Morgan fingerprint density at radius 1 is 1.26 bits per heavy atom. The zero-order valence-corrected chi connectivity index (χ0v) is 14.2. The van der Waals surface area contributed by atoms with Crippen molar-refractivity contribution < 1.29 is 22.7 Å². The Morgan fingerprint density at radius 2 is 2.00 bits per heavy atom. The van der Waals surface area contributed by atoms with Crippen LogP contribution in [0, 0.1) is 5.92 Å². The highest BCUT2D eigenvalue weighted by Crippen LogP contribution is 2.55. The normalized spacial score (nSPS) is 19.3. The van der Waals surface area contributed by atoms with Crippen molar-refractivity contribution >= 4 is 22.8 Å². The van der Waals surface area contributed by atoms with E-state index in [0.29, 0.717) is 11.1 Å². The first-order chi connectivity index (χ1) is 12.8. The Bertz CT molecular complexity index is 1040. The summed E-state index contributed by atoms with van der Waals surface area (Å²) < 4.78 is 44.8. The number of fused-ring (bicyclic) bond motifs is 1. The Balaban J connectivity index is 1.78. The standard InChI is InChI=1S/C18H15F3N4O2/c1-27-14-5-3-2-4-9(14)17(26)25-16-10(15(22)24-25)6-7-13(23-16)11-8-12(11)18(19,20)21/h2-7,11-12H,8H2,1H3,(H2,22,24). The quantitative estimate of drug-likeness (QED) is 0.758. The average molecular weight is 376 g/mol. The number of anilines is 1. The fraction of sp³-hybridized carbons (Fsp3) is 0.278. The van der Waals surface area contributed by atoms with Gasteiger partial charge in [0.2, 0.25) is 0 Å². The second-order valence-corrected chi connectivity index (χ2v) is 6.40. The Labute approximate surface area is 151 Å². The van der Waals surface area contributed by atoms with Gasteiger partial charge in [-0.3, -0.25) is 4.79 Å². The number of para-hydroxylation sites is 1. The highest BCUT2D eigenvalue weighted by atomic mass is 19.4. The molecule has 4 rings (SSSR count). The van der Waals surface area contributed by atoms with Crippen molar-refractivity contribution in [1.29, 1.82) is 0 Å². The molecule has 1 aliphatic rings. The molecule has 140 valence electrons. The first kappa shape index (κ1) is 17.3. The van der Waals surface area contributed by atoms with Crippen LogP contribution in [0.25, 0.3) is 11.0 Å². The number of halogens is 3. The van der Waals surface area contributed by atoms with Crippen molar-refractivity contribution in [3.63, 3.8) is 0 Å². The molecule has 0 spiro atoms. The fourth-order valence-corrected chi connectivity index (χ4v) is 3.20. The predicted octanol–water partition coefficient (Wildman–Crippen LogP) is 3.38. The van der Waals surface area contributed by atoms with Crippen LogP contribution in [0.3, 0.4) is 0 Å². The van der Waals surface area contributed by atoms with Crippen LogP contribution in [-0.2, 0) is 0 Å². The molecule has 2 unspecified atom stereocenters. The third-order valence-electron chi connectivity index (χ3n) is 4.70. The van der Waals surface area contributed by atoms with Gasteiger partial charge in [-0.15, -0.1) is 5.10 Å². The second-order valence-electron chi connectivity index (χ2n) is 6.40. The summed E-state index contributed by atoms with van der Waals surface area (Å²) in [6.07, 6.45) is -4.26. The van der Waals surface area contributed by atoms with E-state index < -0.39 is 23.9 Å². The number of aromatic nitrogens is 3. The van der Waals surface area contributed by atoms with Gasteiger partial charge in [0.15, 0.2) is 11.5 Å². The van der Waals surface area contributed by atoms with Crippen molar-refractivity contribution in [3.05, 3.63) is 47.7 Å². The van der Waals surface area contributed by atoms with Gasteiger partial charge < -0.3 is 10.5 Å². The van der Waals surface area contributed by atoms with Crippen LogP contribution < -0.4 is 10.5 Å². The number of carbonyl (C=O) groups excluding carboxylic acids is 1. The molecule has 2 aromatic heterocycles. The molecule has 1 aromatic carbocycles. The summed E-state index contributed by atoms with van der Waals surface area (Å²) in [7, 11) is 1.43. The van der Waals surface area contributed by atoms with E-state index >= 15 is 0 Å². The van der Waals surface area contributed by atoms with Crippen molar-refractivity contribution in [3.8, 4) is 5.75 Å². The van der Waals surface area contributed by atoms with Crippen LogP contribution in [0.15, 0.2) is 36.4 Å². The van der Waals surface area contributed by atoms with E-state index in [1.807, 2.05) is 0 Å². The molecule has 2 atom stereocenters. The third kappa shape index (κ3) is 2.88. The topological polar surface area (TPSA) is 83.0 Å². The number of rotatable bonds is 3. The van der Waals surface area contributed by atoms with Gasteiger partial charge in [0, 0.05) is 11.6 Å². The molecule has 0 aliphatic heterocycles. The van der Waals surface area contributed by atoms with Crippen LogP contribution in [0.1, 0.15) is 28.4 Å². The number of nitrogens with zero attached hydrogens (tertiary/aromatic N) is 3. The van der Waals surface area contributed by atoms with Gasteiger partial charge in [0.25, 0.3) is 5.91 Å². The number of nitrogens with two attached hydrogens (primary N) is 1. The molecule has 1 saturated carbocycles. The third-order valence-corrected chi connectivity index (χ3v) is 4.70. The van der Waals surface area contributed by atoms with Gasteiger partial charge in [-0.1, -0.05) is 12.1 Å². The lowest BCUT2D eigenvalue weighted by molar-refractivity contribution is -0.148. The van der Waals surface area contributed by atoms with E-state index in [1.54, 1.807) is 30.3 Å². The van der Waals surface area contributed by atoms with Gasteiger partial charge in [0.05, 0.1) is 24.0 Å². The number of pyridine rings is 1. The lowest BCUT2D eigenvalue weighted by Crippen LogP contribution is -2.16. The summed E-state index contributed by atoms with van der Waals surface area (Å²) in [5.74, 6) is -2.21. The molecule has 6 nitrogen and oxygen atoms in total. The first-order valence-corrected chi connectivity index (χ1v) is 8.21. The van der Waals surface area contributed by atoms with Crippen LogP contribution >= 0.6 is 0 Å². The molecule has 0 bridgehead atoms. The monoisotopic (exact) mass is 376 g/mol. The SMILES string of the molecule is COc1ccccc1C(=O)n1nc(N)c2ccc(C3CC3C(F)(F)F)nc21. The van der Waals surface area contributed by atoms with E-state index in [4.69, 9.17) is 10.5 Å². The van der Waals surface area contributed by atoms with Gasteiger partial charge in [0.1, 0.15) is 5.75 Å². The summed E-state index contributed by atoms with van der Waals surface area (Å²) in [4.78, 5) is 17.2. The summed E-state index contributed by atoms with van der Waals surface area (Å²) in [5, 5.41) is 4.44. The van der Waals surface area contributed by atoms with Gasteiger partial charge >= 0.3 is 6.18 Å². The summed E-state index contributed by atoms with van der Waals surface area (Å²) in [6, 6.07) is 9.63. The van der Waals surface area contributed by atoms with Crippen LogP contribution in [-0.4, -0.2) is 34.0 Å². The highest BCUT2D eigenvalue weighted by Gasteiger charge is 2.56. The van der Waals surface area contributed by atoms with Crippen LogP contribution in [0.5, 0.6) is 5.75 Å². The lowest BCUT2D eigenvalue weighted by Gasteiger charge is -2.08. The number of methoxy groups -OCH3 is 1. The van der Waals surface area contributed by atoms with Crippen LogP contribution in [0.2, 0.25) is 0 Å². The Kier molecular flexibility index (Phi) is 3.83. The van der Waals surface area contributed by atoms with Gasteiger partial charge in [-0.05, 0) is 30.7 Å². The molecule has 0 radical (unpaired) electrons. The minimum Gasteiger partial charge on any atom is -0.496 e. The van der Waals surface area contributed by atoms with E-state index in [-0.39, 0.29) is 29.1 Å². The molecule has 1 fully saturated rings. The summed E-state index contributed by atoms with van der Waals surface area (Å²) in [6.45, 7) is 0. The maximum atomic E-state index is 12.9. The van der Waals surface area contributed by atoms with Crippen LogP contribution in [0.4, 0.5) is 19.0 Å². The smallest absolute Gasteiger partial charge is 0.392 e. The summed E-state index contributed by atoms with van der Waals surface area (Å²) in [5.41, 5.74) is 6.52. The molecule has 2 N–H and O–H groups in total. The van der Waals surface area contributed by atoms with E-state index in [0.717, 1.165) is 4.68 Å². The number of hydrogen-bond acceptors (Lipinski definition) is 5. The van der Waals surface area contributed by atoms with Crippen molar-refractivity contribution in [2.24, 2.45) is 5.92 Å². The number of nitrogen functional groups attached to an aromatic ring is 1. The zero-order chi connectivity index (χ0) is 19.3. The minimum absolute atomic E-state index is 0.00786. The maximum absolute atomic E-state index is 12.9. The van der Waals surface area contributed by atoms with Gasteiger partial charge in [-0.2, -0.15) is 17.9 Å². The van der Waals surface area contributed by atoms with E-state index in [9.17, 15) is 18.0 Å². The number of ether oxygens (including phenoxy) is 1. The molecular formula is C18H15F3N4O2. The summed E-state index contributed by atoms with van der Waals surface area (Å²) >= 11 is 0. The number of benzene rings is 1. The maximum Gasteiger partial charge on any atom is 0.392 e. The lowest BCUT2D eigenvalue weighted by atomic mass is 10.2. The predicted molar refractivity (Wildman–Crippen MR) is 91.6 cm³/mol. The second kappa shape index (κ2) is 5.97. The van der Waals surface area contributed by atoms with E-state index in [1.165, 1.54) is 13.2 Å². The molecule has 0 amide bonds. The Morgan fingerprint density at radius 3 is 2.67 bits per heavy atom. The van der Waals surface area contributed by atoms with E-state index in [2.05, 4.69) is 10.1 Å². The highest BCUT2D eigenvalue weighted by molar-refractivity contribution is 6.03. The number of alkyl halides is 3. The number of hydrogen-bond donors (Lipinski definition) is 1. The zero-order valence-electron chi connectivity index (χ0n) is 14.2. The largest absolute Gasteiger partial charge is 0.496 e. The van der Waals surface area contributed by atoms with Crippen molar-refractivity contribution in [2.45, 2.75) is 18.5 Å². The average Bonchev–Trinajstić information content (AvgIpc) is 3.40. The fourth-order valence-electron chi connectivity index (χ4n) is 3.20. The first-order valence-electron chi connectivity index (χ1n) is 8.21. The molecule has 3 aromatic rings.